The van der Waals surface area contributed by atoms with E-state index in [-0.39, 0.29) is 17.8 Å². The molecule has 0 aromatic heterocycles. The zero-order valence-corrected chi connectivity index (χ0v) is 7.83. The van der Waals surface area contributed by atoms with Gasteiger partial charge < -0.3 is 0 Å². The Kier molecular flexibility index (Phi) is 3.35. The van der Waals surface area contributed by atoms with Crippen LogP contribution in [0.15, 0.2) is 24.3 Å². The van der Waals surface area contributed by atoms with E-state index in [4.69, 9.17) is 5.26 Å². The summed E-state index contributed by atoms with van der Waals surface area (Å²) in [5.41, 5.74) is 0.168. The number of nitriles is 1. The van der Waals surface area contributed by atoms with E-state index >= 15 is 0 Å². The Hall–Kier alpha value is -1.69. The Bertz CT molecular complexity index is 381. The number of rotatable bonds is 3. The molecule has 0 saturated heterocycles. The smallest absolute Gasteiger partial charge is 0.154 e. The summed E-state index contributed by atoms with van der Waals surface area (Å²) in [6.45, 7) is 1.66. The average Bonchev–Trinajstić information content (AvgIpc) is 2.21. The second-order valence-corrected chi connectivity index (χ2v) is 2.90. The standard InChI is InChI=1S/C11H10FNO/c1-2-11(14)9(7-13)8-5-3-4-6-10(8)12/h3-6,9H,2H2,1H3/t9-/m1/s1. The lowest BCUT2D eigenvalue weighted by Crippen LogP contribution is -2.10. The maximum Gasteiger partial charge on any atom is 0.154 e. The largest absolute Gasteiger partial charge is 0.298 e. The topological polar surface area (TPSA) is 40.9 Å². The first-order chi connectivity index (χ1) is 6.70. The van der Waals surface area contributed by atoms with Gasteiger partial charge in [-0.3, -0.25) is 4.79 Å². The fourth-order valence-electron chi connectivity index (χ4n) is 1.23. The van der Waals surface area contributed by atoms with Crippen molar-refractivity contribution in [3.63, 3.8) is 0 Å². The van der Waals surface area contributed by atoms with E-state index in [0.717, 1.165) is 0 Å². The summed E-state index contributed by atoms with van der Waals surface area (Å²) in [5.74, 6) is -1.72. The van der Waals surface area contributed by atoms with E-state index < -0.39 is 11.7 Å². The Morgan fingerprint density at radius 3 is 2.71 bits per heavy atom. The van der Waals surface area contributed by atoms with Crippen molar-refractivity contribution in [2.45, 2.75) is 19.3 Å². The lowest BCUT2D eigenvalue weighted by molar-refractivity contribution is -0.119. The molecule has 3 heteroatoms. The van der Waals surface area contributed by atoms with Gasteiger partial charge in [0.15, 0.2) is 5.78 Å². The number of halogens is 1. The molecule has 0 saturated carbocycles. The molecule has 2 nitrogen and oxygen atoms in total. The SMILES string of the molecule is CCC(=O)[C@H](C#N)c1ccccc1F. The summed E-state index contributed by atoms with van der Waals surface area (Å²) in [7, 11) is 0. The van der Waals surface area contributed by atoms with Crippen molar-refractivity contribution < 1.29 is 9.18 Å². The minimum atomic E-state index is -0.971. The van der Waals surface area contributed by atoms with Crippen molar-refractivity contribution in [3.05, 3.63) is 35.6 Å². The number of carbonyl (C=O) groups is 1. The van der Waals surface area contributed by atoms with E-state index in [1.807, 2.05) is 6.07 Å². The number of Topliss-reactive ketones (excluding diaryl/α,β-unsaturated/α-hetero) is 1. The molecule has 0 unspecified atom stereocenters. The van der Waals surface area contributed by atoms with Crippen LogP contribution in [0.2, 0.25) is 0 Å². The van der Waals surface area contributed by atoms with Crippen LogP contribution in [0.3, 0.4) is 0 Å². The normalized spacial score (nSPS) is 11.8. The zero-order valence-electron chi connectivity index (χ0n) is 7.83. The summed E-state index contributed by atoms with van der Waals surface area (Å²) in [6, 6.07) is 7.69. The Morgan fingerprint density at radius 1 is 1.57 bits per heavy atom. The summed E-state index contributed by atoms with van der Waals surface area (Å²) in [4.78, 5) is 11.3. The lowest BCUT2D eigenvalue weighted by Gasteiger charge is -2.07. The maximum atomic E-state index is 13.2. The maximum absolute atomic E-state index is 13.2. The molecule has 0 radical (unpaired) electrons. The second-order valence-electron chi connectivity index (χ2n) is 2.90. The van der Waals surface area contributed by atoms with E-state index in [0.29, 0.717) is 0 Å². The molecule has 1 rings (SSSR count). The van der Waals surface area contributed by atoms with Gasteiger partial charge in [0.25, 0.3) is 0 Å². The fraction of sp³-hybridized carbons (Fsp3) is 0.273. The summed E-state index contributed by atoms with van der Waals surface area (Å²) >= 11 is 0. The minimum absolute atomic E-state index is 0.168. The van der Waals surface area contributed by atoms with Gasteiger partial charge in [0.1, 0.15) is 11.7 Å². The molecule has 1 atom stereocenters. The van der Waals surface area contributed by atoms with E-state index in [2.05, 4.69) is 0 Å². The van der Waals surface area contributed by atoms with Crippen molar-refractivity contribution in [1.82, 2.24) is 0 Å². The minimum Gasteiger partial charge on any atom is -0.298 e. The van der Waals surface area contributed by atoms with Crippen molar-refractivity contribution in [3.8, 4) is 6.07 Å². The molecule has 1 aromatic rings. The van der Waals surface area contributed by atoms with Crippen LogP contribution in [-0.2, 0) is 4.79 Å². The van der Waals surface area contributed by atoms with Crippen molar-refractivity contribution in [2.24, 2.45) is 0 Å². The lowest BCUT2D eigenvalue weighted by atomic mass is 9.94. The van der Waals surface area contributed by atoms with Crippen molar-refractivity contribution in [1.29, 1.82) is 5.26 Å². The predicted molar refractivity (Wildman–Crippen MR) is 50.1 cm³/mol. The summed E-state index contributed by atoms with van der Waals surface area (Å²) in [5, 5.41) is 8.77. The molecule has 0 bridgehead atoms. The van der Waals surface area contributed by atoms with Crippen LogP contribution in [0.25, 0.3) is 0 Å². The van der Waals surface area contributed by atoms with Crippen molar-refractivity contribution in [2.75, 3.05) is 0 Å². The Morgan fingerprint density at radius 2 is 2.21 bits per heavy atom. The molecule has 0 amide bonds. The van der Waals surface area contributed by atoms with E-state index in [1.54, 1.807) is 13.0 Å². The first kappa shape index (κ1) is 10.4. The number of carbonyl (C=O) groups excluding carboxylic acids is 1. The van der Waals surface area contributed by atoms with Crippen molar-refractivity contribution >= 4 is 5.78 Å². The highest BCUT2D eigenvalue weighted by atomic mass is 19.1. The van der Waals surface area contributed by atoms with Crippen LogP contribution in [-0.4, -0.2) is 5.78 Å². The Labute approximate surface area is 82.0 Å². The molecule has 0 heterocycles. The highest BCUT2D eigenvalue weighted by Gasteiger charge is 2.20. The third kappa shape index (κ3) is 1.97. The van der Waals surface area contributed by atoms with Gasteiger partial charge >= 0.3 is 0 Å². The molecular weight excluding hydrogens is 181 g/mol. The van der Waals surface area contributed by atoms with Gasteiger partial charge in [0.2, 0.25) is 0 Å². The van der Waals surface area contributed by atoms with Gasteiger partial charge in [0, 0.05) is 12.0 Å². The van der Waals surface area contributed by atoms with Crippen LogP contribution in [0.1, 0.15) is 24.8 Å². The molecule has 0 aliphatic rings. The molecule has 0 N–H and O–H groups in total. The van der Waals surface area contributed by atoms with E-state index in [1.165, 1.54) is 18.2 Å². The summed E-state index contributed by atoms with van der Waals surface area (Å²) < 4.78 is 13.2. The first-order valence-electron chi connectivity index (χ1n) is 4.37. The van der Waals surface area contributed by atoms with Gasteiger partial charge in [-0.25, -0.2) is 4.39 Å². The average molecular weight is 191 g/mol. The molecule has 0 spiro atoms. The summed E-state index contributed by atoms with van der Waals surface area (Å²) in [6.07, 6.45) is 0.243. The fourth-order valence-corrected chi connectivity index (χ4v) is 1.23. The van der Waals surface area contributed by atoms with E-state index in [9.17, 15) is 9.18 Å². The molecule has 14 heavy (non-hydrogen) atoms. The molecule has 0 fully saturated rings. The quantitative estimate of drug-likeness (QED) is 0.736. The van der Waals surface area contributed by atoms with Gasteiger partial charge in [-0.05, 0) is 6.07 Å². The van der Waals surface area contributed by atoms with Crippen LogP contribution >= 0.6 is 0 Å². The van der Waals surface area contributed by atoms with Gasteiger partial charge in [0.05, 0.1) is 6.07 Å². The van der Waals surface area contributed by atoms with Gasteiger partial charge in [-0.1, -0.05) is 25.1 Å². The number of nitrogens with zero attached hydrogens (tertiary/aromatic N) is 1. The second kappa shape index (κ2) is 4.52. The molecule has 72 valence electrons. The highest BCUT2D eigenvalue weighted by Crippen LogP contribution is 2.20. The van der Waals surface area contributed by atoms with Gasteiger partial charge in [-0.2, -0.15) is 5.26 Å². The monoisotopic (exact) mass is 191 g/mol. The number of hydrogen-bond donors (Lipinski definition) is 0. The molecular formula is C11H10FNO. The number of hydrogen-bond acceptors (Lipinski definition) is 2. The zero-order chi connectivity index (χ0) is 10.6. The van der Waals surface area contributed by atoms with Crippen LogP contribution < -0.4 is 0 Å². The van der Waals surface area contributed by atoms with Crippen LogP contribution in [0.4, 0.5) is 4.39 Å². The number of benzene rings is 1. The van der Waals surface area contributed by atoms with Crippen LogP contribution in [0, 0.1) is 17.1 Å². The molecule has 0 aliphatic heterocycles. The first-order valence-corrected chi connectivity index (χ1v) is 4.37. The third-order valence-corrected chi connectivity index (χ3v) is 2.02. The van der Waals surface area contributed by atoms with Crippen LogP contribution in [0.5, 0.6) is 0 Å². The van der Waals surface area contributed by atoms with Gasteiger partial charge in [-0.15, -0.1) is 0 Å². The highest BCUT2D eigenvalue weighted by molar-refractivity contribution is 5.88. The Balaban J connectivity index is 3.09. The third-order valence-electron chi connectivity index (χ3n) is 2.02. The number of ketones is 1. The predicted octanol–water partition coefficient (Wildman–Crippen LogP) is 2.41. The molecule has 0 aliphatic carbocycles. The molecule has 1 aromatic carbocycles.